The van der Waals surface area contributed by atoms with Crippen LogP contribution < -0.4 is 11.1 Å². The van der Waals surface area contributed by atoms with E-state index in [1.165, 1.54) is 5.57 Å². The van der Waals surface area contributed by atoms with Crippen molar-refractivity contribution in [2.75, 3.05) is 7.05 Å². The first-order valence-electron chi connectivity index (χ1n) is 3.25. The van der Waals surface area contributed by atoms with Crippen LogP contribution in [0.2, 0.25) is 0 Å². The van der Waals surface area contributed by atoms with Gasteiger partial charge in [-0.3, -0.25) is 0 Å². The van der Waals surface area contributed by atoms with Crippen LogP contribution in [0.3, 0.4) is 0 Å². The van der Waals surface area contributed by atoms with E-state index in [9.17, 15) is 0 Å². The van der Waals surface area contributed by atoms with Gasteiger partial charge in [0.25, 0.3) is 0 Å². The Kier molecular flexibility index (Phi) is 4.36. The summed E-state index contributed by atoms with van der Waals surface area (Å²) in [5.74, 6) is 0. The molecule has 0 amide bonds. The highest BCUT2D eigenvalue weighted by Crippen LogP contribution is 1.98. The molecule has 0 bridgehead atoms. The molecular weight excluding hydrogens is 112 g/mol. The molecule has 0 spiro atoms. The molecule has 0 radical (unpaired) electrons. The first-order valence-corrected chi connectivity index (χ1v) is 3.25. The van der Waals surface area contributed by atoms with E-state index in [1.54, 1.807) is 0 Å². The Morgan fingerprint density at radius 2 is 2.33 bits per heavy atom. The molecule has 0 heterocycles. The molecule has 3 N–H and O–H groups in total. The smallest absolute Gasteiger partial charge is 0.0581 e. The number of nitrogens with two attached hydrogens (primary N) is 1. The molecule has 0 fully saturated rings. The van der Waals surface area contributed by atoms with Gasteiger partial charge in [0.2, 0.25) is 0 Å². The minimum atomic E-state index is 0.112. The van der Waals surface area contributed by atoms with E-state index in [-0.39, 0.29) is 6.17 Å². The summed E-state index contributed by atoms with van der Waals surface area (Å²) >= 11 is 0. The zero-order chi connectivity index (χ0) is 7.28. The van der Waals surface area contributed by atoms with Crippen LogP contribution in [0.5, 0.6) is 0 Å². The molecule has 0 aromatic carbocycles. The third kappa shape index (κ3) is 4.18. The maximum absolute atomic E-state index is 5.60. The van der Waals surface area contributed by atoms with Crippen LogP contribution in [0.1, 0.15) is 20.3 Å². The van der Waals surface area contributed by atoms with Gasteiger partial charge >= 0.3 is 0 Å². The van der Waals surface area contributed by atoms with Gasteiger partial charge in [0.15, 0.2) is 0 Å². The van der Waals surface area contributed by atoms with Crippen molar-refractivity contribution in [3.8, 4) is 0 Å². The standard InChI is InChI=1S/C7H16N2/c1-4-6(2)5-7(8)9-3/h4,7,9H,5,8H2,1-3H3. The van der Waals surface area contributed by atoms with Gasteiger partial charge in [-0.15, -0.1) is 0 Å². The molecular formula is C7H16N2. The number of hydrogen-bond acceptors (Lipinski definition) is 2. The van der Waals surface area contributed by atoms with Crippen molar-refractivity contribution in [3.63, 3.8) is 0 Å². The lowest BCUT2D eigenvalue weighted by Crippen LogP contribution is -2.34. The topological polar surface area (TPSA) is 38.0 Å². The average Bonchev–Trinajstić information content (AvgIpc) is 1.87. The van der Waals surface area contributed by atoms with E-state index in [1.807, 2.05) is 14.0 Å². The normalized spacial score (nSPS) is 15.8. The maximum atomic E-state index is 5.60. The fourth-order valence-corrected chi connectivity index (χ4v) is 0.567. The predicted molar refractivity (Wildman–Crippen MR) is 41.1 cm³/mol. The van der Waals surface area contributed by atoms with Crippen molar-refractivity contribution >= 4 is 0 Å². The van der Waals surface area contributed by atoms with E-state index in [0.29, 0.717) is 0 Å². The van der Waals surface area contributed by atoms with Crippen molar-refractivity contribution in [1.82, 2.24) is 5.32 Å². The third-order valence-electron chi connectivity index (χ3n) is 1.41. The van der Waals surface area contributed by atoms with Gasteiger partial charge in [0, 0.05) is 0 Å². The molecule has 0 aliphatic rings. The lowest BCUT2D eigenvalue weighted by atomic mass is 10.2. The fourth-order valence-electron chi connectivity index (χ4n) is 0.567. The first kappa shape index (κ1) is 8.66. The summed E-state index contributed by atoms with van der Waals surface area (Å²) in [7, 11) is 1.87. The second-order valence-electron chi connectivity index (χ2n) is 2.23. The molecule has 0 saturated heterocycles. The Hall–Kier alpha value is -0.340. The van der Waals surface area contributed by atoms with Crippen LogP contribution in [0.25, 0.3) is 0 Å². The summed E-state index contributed by atoms with van der Waals surface area (Å²) in [6, 6.07) is 0. The molecule has 0 aliphatic heterocycles. The number of allylic oxidation sites excluding steroid dienone is 1. The van der Waals surface area contributed by atoms with E-state index in [4.69, 9.17) is 5.73 Å². The summed E-state index contributed by atoms with van der Waals surface area (Å²) < 4.78 is 0. The van der Waals surface area contributed by atoms with Gasteiger partial charge in [-0.1, -0.05) is 11.6 Å². The van der Waals surface area contributed by atoms with E-state index in [0.717, 1.165) is 6.42 Å². The highest BCUT2D eigenvalue weighted by atomic mass is 15.0. The molecule has 0 rings (SSSR count). The van der Waals surface area contributed by atoms with E-state index >= 15 is 0 Å². The van der Waals surface area contributed by atoms with E-state index < -0.39 is 0 Å². The Bertz CT molecular complexity index is 97.1. The molecule has 0 aromatic rings. The lowest BCUT2D eigenvalue weighted by molar-refractivity contribution is 0.579. The quantitative estimate of drug-likeness (QED) is 0.437. The minimum Gasteiger partial charge on any atom is -0.316 e. The van der Waals surface area contributed by atoms with Crippen LogP contribution in [0, 0.1) is 0 Å². The maximum Gasteiger partial charge on any atom is 0.0581 e. The van der Waals surface area contributed by atoms with Crippen molar-refractivity contribution in [2.45, 2.75) is 26.4 Å². The van der Waals surface area contributed by atoms with Crippen LogP contribution in [0.4, 0.5) is 0 Å². The van der Waals surface area contributed by atoms with Crippen LogP contribution in [-0.2, 0) is 0 Å². The summed E-state index contributed by atoms with van der Waals surface area (Å²) in [5, 5.41) is 2.97. The SMILES string of the molecule is CC=C(C)CC(N)NC. The Balaban J connectivity index is 3.47. The van der Waals surface area contributed by atoms with Gasteiger partial charge in [-0.2, -0.15) is 0 Å². The highest BCUT2D eigenvalue weighted by Gasteiger charge is 1.96. The molecule has 1 unspecified atom stereocenters. The lowest BCUT2D eigenvalue weighted by Gasteiger charge is -2.08. The molecule has 2 heteroatoms. The van der Waals surface area contributed by atoms with Gasteiger partial charge in [0.05, 0.1) is 6.17 Å². The van der Waals surface area contributed by atoms with Crippen molar-refractivity contribution in [1.29, 1.82) is 0 Å². The largest absolute Gasteiger partial charge is 0.316 e. The number of hydrogen-bond donors (Lipinski definition) is 2. The molecule has 2 nitrogen and oxygen atoms in total. The van der Waals surface area contributed by atoms with Crippen molar-refractivity contribution in [2.24, 2.45) is 5.73 Å². The number of rotatable bonds is 3. The first-order chi connectivity index (χ1) is 4.20. The van der Waals surface area contributed by atoms with Crippen LogP contribution in [0.15, 0.2) is 11.6 Å². The molecule has 0 saturated carbocycles. The second kappa shape index (κ2) is 4.53. The monoisotopic (exact) mass is 128 g/mol. The van der Waals surface area contributed by atoms with Crippen molar-refractivity contribution < 1.29 is 0 Å². The van der Waals surface area contributed by atoms with Crippen molar-refractivity contribution in [3.05, 3.63) is 11.6 Å². The zero-order valence-corrected chi connectivity index (χ0v) is 6.44. The summed E-state index contributed by atoms with van der Waals surface area (Å²) in [6.07, 6.45) is 3.13. The fraction of sp³-hybridized carbons (Fsp3) is 0.714. The van der Waals surface area contributed by atoms with Gasteiger partial charge in [0.1, 0.15) is 0 Å². The Morgan fingerprint density at radius 1 is 1.78 bits per heavy atom. The van der Waals surface area contributed by atoms with Gasteiger partial charge in [-0.05, 0) is 27.3 Å². The second-order valence-corrected chi connectivity index (χ2v) is 2.23. The van der Waals surface area contributed by atoms with E-state index in [2.05, 4.69) is 18.3 Å². The zero-order valence-electron chi connectivity index (χ0n) is 6.44. The highest BCUT2D eigenvalue weighted by molar-refractivity contribution is 4.97. The third-order valence-corrected chi connectivity index (χ3v) is 1.41. The summed E-state index contributed by atoms with van der Waals surface area (Å²) in [4.78, 5) is 0. The van der Waals surface area contributed by atoms with Crippen LogP contribution >= 0.6 is 0 Å². The van der Waals surface area contributed by atoms with Gasteiger partial charge < -0.3 is 11.1 Å². The summed E-state index contributed by atoms with van der Waals surface area (Å²) in [5.41, 5.74) is 6.93. The minimum absolute atomic E-state index is 0.112. The molecule has 54 valence electrons. The number of nitrogens with one attached hydrogen (secondary N) is 1. The average molecular weight is 128 g/mol. The molecule has 0 aliphatic carbocycles. The summed E-state index contributed by atoms with van der Waals surface area (Å²) in [6.45, 7) is 4.11. The predicted octanol–water partition coefficient (Wildman–Crippen LogP) is 0.847. The molecule has 0 aromatic heterocycles. The molecule has 9 heavy (non-hydrogen) atoms. The van der Waals surface area contributed by atoms with Gasteiger partial charge in [-0.25, -0.2) is 0 Å². The van der Waals surface area contributed by atoms with Crippen LogP contribution in [-0.4, -0.2) is 13.2 Å². The Labute approximate surface area is 57.1 Å². The Morgan fingerprint density at radius 3 is 2.67 bits per heavy atom. The molecule has 1 atom stereocenters.